The smallest absolute Gasteiger partial charge is 0.106 e. The monoisotopic (exact) mass is 231 g/mol. The molecule has 0 bridgehead atoms. The summed E-state index contributed by atoms with van der Waals surface area (Å²) < 4.78 is 16.3. The zero-order chi connectivity index (χ0) is 12.1. The Morgan fingerprint density at radius 2 is 2.12 bits per heavy atom. The first-order valence-electron chi connectivity index (χ1n) is 5.92. The Bertz CT molecular complexity index is 200. The molecule has 0 amide bonds. The zero-order valence-electron chi connectivity index (χ0n) is 11.0. The first-order valence-corrected chi connectivity index (χ1v) is 5.92. The van der Waals surface area contributed by atoms with Crippen molar-refractivity contribution in [1.29, 1.82) is 0 Å². The van der Waals surface area contributed by atoms with Crippen LogP contribution in [-0.2, 0) is 14.2 Å². The summed E-state index contributed by atoms with van der Waals surface area (Å²) in [5.74, 6) is 0. The summed E-state index contributed by atoms with van der Waals surface area (Å²) in [4.78, 5) is 0. The lowest BCUT2D eigenvalue weighted by Crippen LogP contribution is -2.44. The molecule has 4 heteroatoms. The van der Waals surface area contributed by atoms with E-state index in [4.69, 9.17) is 14.2 Å². The van der Waals surface area contributed by atoms with Crippen molar-refractivity contribution in [3.05, 3.63) is 0 Å². The SMILES string of the molecule is COC(C)(C)CCNCC1(OC)CCOC1. The van der Waals surface area contributed by atoms with E-state index in [1.807, 2.05) is 0 Å². The molecule has 0 spiro atoms. The molecule has 1 rings (SSSR count). The van der Waals surface area contributed by atoms with Gasteiger partial charge in [0.25, 0.3) is 0 Å². The molecule has 0 aromatic carbocycles. The number of rotatable bonds is 7. The fraction of sp³-hybridized carbons (Fsp3) is 1.00. The van der Waals surface area contributed by atoms with Crippen LogP contribution in [0, 0.1) is 0 Å². The van der Waals surface area contributed by atoms with E-state index in [1.165, 1.54) is 0 Å². The summed E-state index contributed by atoms with van der Waals surface area (Å²) >= 11 is 0. The quantitative estimate of drug-likeness (QED) is 0.668. The average molecular weight is 231 g/mol. The van der Waals surface area contributed by atoms with E-state index in [1.54, 1.807) is 14.2 Å². The fourth-order valence-corrected chi connectivity index (χ4v) is 1.77. The van der Waals surface area contributed by atoms with Crippen LogP contribution in [0.3, 0.4) is 0 Å². The van der Waals surface area contributed by atoms with Crippen molar-refractivity contribution < 1.29 is 14.2 Å². The highest BCUT2D eigenvalue weighted by Gasteiger charge is 2.34. The molecule has 96 valence electrons. The molecule has 4 nitrogen and oxygen atoms in total. The van der Waals surface area contributed by atoms with E-state index in [0.29, 0.717) is 6.61 Å². The third-order valence-electron chi connectivity index (χ3n) is 3.40. The lowest BCUT2D eigenvalue weighted by molar-refractivity contribution is -0.0187. The molecule has 1 atom stereocenters. The van der Waals surface area contributed by atoms with Crippen molar-refractivity contribution >= 4 is 0 Å². The third kappa shape index (κ3) is 4.01. The van der Waals surface area contributed by atoms with E-state index in [-0.39, 0.29) is 11.2 Å². The molecule has 1 unspecified atom stereocenters. The fourth-order valence-electron chi connectivity index (χ4n) is 1.77. The third-order valence-corrected chi connectivity index (χ3v) is 3.40. The van der Waals surface area contributed by atoms with Crippen molar-refractivity contribution in [1.82, 2.24) is 5.32 Å². The van der Waals surface area contributed by atoms with Gasteiger partial charge in [-0.15, -0.1) is 0 Å². The van der Waals surface area contributed by atoms with Crippen molar-refractivity contribution in [2.45, 2.75) is 37.9 Å². The Morgan fingerprint density at radius 3 is 2.62 bits per heavy atom. The molecule has 1 aliphatic rings. The Hall–Kier alpha value is -0.160. The molecular formula is C12H25NO3. The topological polar surface area (TPSA) is 39.7 Å². The Balaban J connectivity index is 2.19. The first kappa shape index (κ1) is 13.9. The van der Waals surface area contributed by atoms with E-state index >= 15 is 0 Å². The van der Waals surface area contributed by atoms with Gasteiger partial charge in [-0.1, -0.05) is 0 Å². The van der Waals surface area contributed by atoms with Gasteiger partial charge < -0.3 is 19.5 Å². The maximum Gasteiger partial charge on any atom is 0.106 e. The minimum absolute atomic E-state index is 0.0561. The van der Waals surface area contributed by atoms with Gasteiger partial charge in [0.2, 0.25) is 0 Å². The second-order valence-electron chi connectivity index (χ2n) is 5.08. The van der Waals surface area contributed by atoms with Crippen LogP contribution in [0.15, 0.2) is 0 Å². The van der Waals surface area contributed by atoms with Crippen LogP contribution < -0.4 is 5.32 Å². The predicted molar refractivity (Wildman–Crippen MR) is 63.8 cm³/mol. The average Bonchev–Trinajstić information content (AvgIpc) is 2.74. The molecule has 0 aromatic rings. The molecule has 0 aliphatic carbocycles. The molecule has 0 radical (unpaired) electrons. The molecular weight excluding hydrogens is 206 g/mol. The van der Waals surface area contributed by atoms with Crippen molar-refractivity contribution in [2.24, 2.45) is 0 Å². The van der Waals surface area contributed by atoms with Gasteiger partial charge in [0.1, 0.15) is 5.60 Å². The van der Waals surface area contributed by atoms with E-state index in [2.05, 4.69) is 19.2 Å². The molecule has 1 N–H and O–H groups in total. The summed E-state index contributed by atoms with van der Waals surface area (Å²) in [6.45, 7) is 7.48. The minimum atomic E-state index is -0.114. The van der Waals surface area contributed by atoms with Crippen LogP contribution in [0.1, 0.15) is 26.7 Å². The largest absolute Gasteiger partial charge is 0.379 e. The van der Waals surface area contributed by atoms with Crippen molar-refractivity contribution in [3.8, 4) is 0 Å². The number of ether oxygens (including phenoxy) is 3. The second-order valence-corrected chi connectivity index (χ2v) is 5.08. The molecule has 0 saturated carbocycles. The zero-order valence-corrected chi connectivity index (χ0v) is 11.0. The van der Waals surface area contributed by atoms with Gasteiger partial charge in [0, 0.05) is 33.8 Å². The summed E-state index contributed by atoms with van der Waals surface area (Å²) in [6, 6.07) is 0. The van der Waals surface area contributed by atoms with Crippen molar-refractivity contribution in [2.75, 3.05) is 40.5 Å². The molecule has 1 aliphatic heterocycles. The molecule has 1 saturated heterocycles. The maximum absolute atomic E-state index is 5.54. The number of methoxy groups -OCH3 is 2. The van der Waals surface area contributed by atoms with Crippen LogP contribution >= 0.6 is 0 Å². The van der Waals surface area contributed by atoms with E-state index < -0.39 is 0 Å². The van der Waals surface area contributed by atoms with Gasteiger partial charge in [0.05, 0.1) is 12.2 Å². The standard InChI is InChI=1S/C12H25NO3/c1-11(2,14-3)5-7-13-9-12(15-4)6-8-16-10-12/h13H,5-10H2,1-4H3. The van der Waals surface area contributed by atoms with Crippen LogP contribution in [0.4, 0.5) is 0 Å². The molecule has 0 aromatic heterocycles. The lowest BCUT2D eigenvalue weighted by atomic mass is 10.0. The lowest BCUT2D eigenvalue weighted by Gasteiger charge is -2.28. The van der Waals surface area contributed by atoms with E-state index in [9.17, 15) is 0 Å². The van der Waals surface area contributed by atoms with Gasteiger partial charge in [-0.05, 0) is 26.8 Å². The summed E-state index contributed by atoms with van der Waals surface area (Å²) in [5.41, 5.74) is -0.170. The number of hydrogen-bond donors (Lipinski definition) is 1. The van der Waals surface area contributed by atoms with Gasteiger partial charge >= 0.3 is 0 Å². The van der Waals surface area contributed by atoms with Crippen LogP contribution in [-0.4, -0.2) is 51.7 Å². The van der Waals surface area contributed by atoms with Crippen LogP contribution in [0.2, 0.25) is 0 Å². The maximum atomic E-state index is 5.54. The summed E-state index contributed by atoms with van der Waals surface area (Å²) in [6.07, 6.45) is 1.97. The number of nitrogens with one attached hydrogen (secondary N) is 1. The molecule has 1 heterocycles. The Kier molecular flexibility index (Phi) is 5.18. The Labute approximate surface area is 98.6 Å². The van der Waals surface area contributed by atoms with Gasteiger partial charge in [-0.25, -0.2) is 0 Å². The summed E-state index contributed by atoms with van der Waals surface area (Å²) in [5, 5.41) is 3.42. The normalized spacial score (nSPS) is 26.2. The highest BCUT2D eigenvalue weighted by Crippen LogP contribution is 2.21. The molecule has 1 fully saturated rings. The van der Waals surface area contributed by atoms with Crippen LogP contribution in [0.5, 0.6) is 0 Å². The van der Waals surface area contributed by atoms with Gasteiger partial charge in [-0.3, -0.25) is 0 Å². The first-order chi connectivity index (χ1) is 7.54. The highest BCUT2D eigenvalue weighted by molar-refractivity contribution is 4.87. The van der Waals surface area contributed by atoms with Gasteiger partial charge in [0.15, 0.2) is 0 Å². The van der Waals surface area contributed by atoms with Crippen molar-refractivity contribution in [3.63, 3.8) is 0 Å². The van der Waals surface area contributed by atoms with Gasteiger partial charge in [-0.2, -0.15) is 0 Å². The number of hydrogen-bond acceptors (Lipinski definition) is 4. The molecule has 16 heavy (non-hydrogen) atoms. The minimum Gasteiger partial charge on any atom is -0.379 e. The van der Waals surface area contributed by atoms with Crippen LogP contribution in [0.25, 0.3) is 0 Å². The second kappa shape index (κ2) is 5.96. The van der Waals surface area contributed by atoms with E-state index in [0.717, 1.165) is 32.5 Å². The predicted octanol–water partition coefficient (Wildman–Crippen LogP) is 1.20. The summed E-state index contributed by atoms with van der Waals surface area (Å²) in [7, 11) is 3.51. The Morgan fingerprint density at radius 1 is 1.38 bits per heavy atom. The highest BCUT2D eigenvalue weighted by atomic mass is 16.5.